The Hall–Kier alpha value is -0.440. The van der Waals surface area contributed by atoms with Gasteiger partial charge < -0.3 is 0 Å². The lowest BCUT2D eigenvalue weighted by molar-refractivity contribution is 0.445. The Balaban J connectivity index is 1.86. The highest BCUT2D eigenvalue weighted by Gasteiger charge is 2.47. The largest absolute Gasteiger partial charge is 0.0682 e. The third-order valence-corrected chi connectivity index (χ3v) is 16.9. The zero-order valence-electron chi connectivity index (χ0n) is 24.1. The number of rotatable bonds is 14. The van der Waals surface area contributed by atoms with Gasteiger partial charge in [0.1, 0.15) is 0 Å². The van der Waals surface area contributed by atoms with E-state index in [1.54, 1.807) is 5.39 Å². The Kier molecular flexibility index (Phi) is 10.8. The highest BCUT2D eigenvalue weighted by atomic mass is 31.1. The number of hydrogen-bond donors (Lipinski definition) is 0. The SMILES string of the molecule is CCCCC1(CCCC)CCCP1c1ccc2ccccc2c1P1CCCC1(CCCC)CCCC. The van der Waals surface area contributed by atoms with Crippen molar-refractivity contribution in [3.05, 3.63) is 36.4 Å². The van der Waals surface area contributed by atoms with Gasteiger partial charge >= 0.3 is 0 Å². The van der Waals surface area contributed by atoms with Crippen molar-refractivity contribution < 1.29 is 0 Å². The number of benzene rings is 2. The van der Waals surface area contributed by atoms with E-state index in [9.17, 15) is 0 Å². The lowest BCUT2D eigenvalue weighted by atomic mass is 9.91. The first kappa shape index (κ1) is 28.6. The Morgan fingerprint density at radius 3 is 1.67 bits per heavy atom. The van der Waals surface area contributed by atoms with E-state index in [0.29, 0.717) is 10.3 Å². The predicted octanol–water partition coefficient (Wildman–Crippen LogP) is 10.9. The van der Waals surface area contributed by atoms with Crippen LogP contribution in [0.2, 0.25) is 0 Å². The van der Waals surface area contributed by atoms with E-state index in [0.717, 1.165) is 0 Å². The van der Waals surface area contributed by atoms with E-state index in [1.807, 2.05) is 10.6 Å². The number of unbranched alkanes of at least 4 members (excludes halogenated alkanes) is 4. The van der Waals surface area contributed by atoms with Gasteiger partial charge in [-0.05, 0) is 95.4 Å². The summed E-state index contributed by atoms with van der Waals surface area (Å²) in [5, 5.41) is 8.17. The molecule has 2 heteroatoms. The van der Waals surface area contributed by atoms with Crippen LogP contribution in [0.5, 0.6) is 0 Å². The minimum atomic E-state index is -0.0988. The summed E-state index contributed by atoms with van der Waals surface area (Å²) in [6.07, 6.45) is 26.0. The van der Waals surface area contributed by atoms with Gasteiger partial charge in [-0.25, -0.2) is 0 Å². The van der Waals surface area contributed by atoms with Crippen LogP contribution in [-0.4, -0.2) is 22.6 Å². The molecule has 2 saturated heterocycles. The van der Waals surface area contributed by atoms with Crippen molar-refractivity contribution in [2.24, 2.45) is 0 Å². The molecule has 200 valence electrons. The highest BCUT2D eigenvalue weighted by molar-refractivity contribution is 7.74. The summed E-state index contributed by atoms with van der Waals surface area (Å²) in [5.74, 6) is 0. The summed E-state index contributed by atoms with van der Waals surface area (Å²) in [7, 11) is -0.171. The second-order valence-corrected chi connectivity index (χ2v) is 17.5. The minimum Gasteiger partial charge on any atom is -0.0682 e. The summed E-state index contributed by atoms with van der Waals surface area (Å²) >= 11 is 0. The van der Waals surface area contributed by atoms with Crippen LogP contribution < -0.4 is 10.6 Å². The third-order valence-electron chi connectivity index (χ3n) is 9.62. The number of fused-ring (bicyclic) bond motifs is 1. The molecular formula is C34H54P2. The molecule has 2 heterocycles. The molecule has 2 fully saturated rings. The molecule has 2 aliphatic heterocycles. The maximum Gasteiger partial charge on any atom is -0.00538 e. The normalized spacial score (nSPS) is 23.0. The molecule has 0 radical (unpaired) electrons. The second kappa shape index (κ2) is 13.6. The molecule has 0 amide bonds. The van der Waals surface area contributed by atoms with E-state index in [2.05, 4.69) is 64.1 Å². The molecule has 0 N–H and O–H groups in total. The molecule has 36 heavy (non-hydrogen) atoms. The smallest absolute Gasteiger partial charge is 0.00538 e. The molecule has 0 nitrogen and oxygen atoms in total. The summed E-state index contributed by atoms with van der Waals surface area (Å²) in [5.41, 5.74) is 0. The molecule has 2 unspecified atom stereocenters. The van der Waals surface area contributed by atoms with E-state index in [1.165, 1.54) is 120 Å². The molecule has 0 aliphatic carbocycles. The standard InChI is InChI=1S/C34H54P2/c1-5-9-21-33(22-10-6-2)25-15-27-35(33)31-20-19-29-17-13-14-18-30(29)32(31)36-28-16-26-34(36,23-11-7-3)24-12-8-4/h13-14,17-20H,5-12,15-16,21-28H2,1-4H3. The predicted molar refractivity (Wildman–Crippen MR) is 169 cm³/mol. The van der Waals surface area contributed by atoms with Crippen LogP contribution in [-0.2, 0) is 0 Å². The maximum absolute atomic E-state index is 2.69. The quantitative estimate of drug-likeness (QED) is 0.216. The van der Waals surface area contributed by atoms with Gasteiger partial charge in [0.05, 0.1) is 0 Å². The lowest BCUT2D eigenvalue weighted by Gasteiger charge is -2.42. The van der Waals surface area contributed by atoms with Crippen LogP contribution in [0.15, 0.2) is 36.4 Å². The Bertz CT molecular complexity index is 931. The first-order valence-corrected chi connectivity index (χ1v) is 18.8. The number of hydrogen-bond acceptors (Lipinski definition) is 0. The van der Waals surface area contributed by atoms with Crippen LogP contribution >= 0.6 is 15.8 Å². The lowest BCUT2D eigenvalue weighted by Crippen LogP contribution is -2.37. The van der Waals surface area contributed by atoms with Crippen LogP contribution in [0.4, 0.5) is 0 Å². The first-order chi connectivity index (χ1) is 17.6. The molecule has 2 atom stereocenters. The Morgan fingerprint density at radius 2 is 1.11 bits per heavy atom. The van der Waals surface area contributed by atoms with E-state index in [-0.39, 0.29) is 15.8 Å². The fourth-order valence-electron chi connectivity index (χ4n) is 7.66. The topological polar surface area (TPSA) is 0 Å². The zero-order valence-corrected chi connectivity index (χ0v) is 25.9. The monoisotopic (exact) mass is 524 g/mol. The molecule has 2 aliphatic rings. The van der Waals surface area contributed by atoms with Gasteiger partial charge in [0.25, 0.3) is 0 Å². The van der Waals surface area contributed by atoms with E-state index < -0.39 is 0 Å². The van der Waals surface area contributed by atoms with Gasteiger partial charge in [0.2, 0.25) is 0 Å². The minimum absolute atomic E-state index is 0.0723. The van der Waals surface area contributed by atoms with Crippen LogP contribution in [0.25, 0.3) is 10.8 Å². The van der Waals surface area contributed by atoms with Gasteiger partial charge in [0.15, 0.2) is 0 Å². The summed E-state index contributed by atoms with van der Waals surface area (Å²) < 4.78 is 0. The summed E-state index contributed by atoms with van der Waals surface area (Å²) in [6, 6.07) is 14.7. The molecular weight excluding hydrogens is 470 g/mol. The van der Waals surface area contributed by atoms with Crippen molar-refractivity contribution in [3.63, 3.8) is 0 Å². The van der Waals surface area contributed by atoms with Gasteiger partial charge in [-0.1, -0.05) is 131 Å². The van der Waals surface area contributed by atoms with Crippen molar-refractivity contribution in [3.8, 4) is 0 Å². The van der Waals surface area contributed by atoms with Crippen molar-refractivity contribution in [2.75, 3.05) is 12.3 Å². The summed E-state index contributed by atoms with van der Waals surface area (Å²) in [4.78, 5) is 0. The Labute approximate surface area is 226 Å². The molecule has 2 aromatic carbocycles. The first-order valence-electron chi connectivity index (χ1n) is 15.7. The van der Waals surface area contributed by atoms with Crippen molar-refractivity contribution in [1.82, 2.24) is 0 Å². The van der Waals surface area contributed by atoms with Crippen LogP contribution in [0.3, 0.4) is 0 Å². The van der Waals surface area contributed by atoms with E-state index in [4.69, 9.17) is 0 Å². The molecule has 0 bridgehead atoms. The van der Waals surface area contributed by atoms with Crippen molar-refractivity contribution in [2.45, 2.75) is 141 Å². The second-order valence-electron chi connectivity index (χ2n) is 12.0. The van der Waals surface area contributed by atoms with Crippen LogP contribution in [0, 0.1) is 0 Å². The van der Waals surface area contributed by atoms with Gasteiger partial charge in [-0.2, -0.15) is 0 Å². The summed E-state index contributed by atoms with van der Waals surface area (Å²) in [6.45, 7) is 9.63. The van der Waals surface area contributed by atoms with E-state index >= 15 is 0 Å². The zero-order chi connectivity index (χ0) is 25.4. The van der Waals surface area contributed by atoms with Gasteiger partial charge in [-0.15, -0.1) is 0 Å². The van der Waals surface area contributed by atoms with Crippen molar-refractivity contribution in [1.29, 1.82) is 0 Å². The molecule has 0 spiro atoms. The van der Waals surface area contributed by atoms with Crippen molar-refractivity contribution >= 4 is 37.2 Å². The maximum atomic E-state index is 2.69. The average molecular weight is 525 g/mol. The molecule has 0 aromatic heterocycles. The van der Waals surface area contributed by atoms with Gasteiger partial charge in [0, 0.05) is 0 Å². The fraction of sp³-hybridized carbons (Fsp3) is 0.706. The average Bonchev–Trinajstić information content (AvgIpc) is 3.52. The highest BCUT2D eigenvalue weighted by Crippen LogP contribution is 2.66. The van der Waals surface area contributed by atoms with Gasteiger partial charge in [-0.3, -0.25) is 0 Å². The molecule has 4 rings (SSSR count). The Morgan fingerprint density at radius 1 is 0.611 bits per heavy atom. The molecule has 2 aromatic rings. The fourth-order valence-corrected chi connectivity index (χ4v) is 15.8. The molecule has 0 saturated carbocycles. The van der Waals surface area contributed by atoms with Crippen LogP contribution in [0.1, 0.15) is 130 Å². The third kappa shape index (κ3) is 5.91.